The normalized spacial score (nSPS) is 22.2. The van der Waals surface area contributed by atoms with E-state index in [0.717, 1.165) is 18.9 Å². The van der Waals surface area contributed by atoms with Crippen LogP contribution in [0.5, 0.6) is 0 Å². The quantitative estimate of drug-likeness (QED) is 0.940. The van der Waals surface area contributed by atoms with Gasteiger partial charge in [-0.15, -0.1) is 11.3 Å². The van der Waals surface area contributed by atoms with Crippen LogP contribution in [0.25, 0.3) is 0 Å². The molecular formula is C16H19N5S. The molecule has 5 nitrogen and oxygen atoms in total. The smallest absolute Gasteiger partial charge is 0.158 e. The summed E-state index contributed by atoms with van der Waals surface area (Å²) in [6, 6.07) is 6.80. The third-order valence-corrected chi connectivity index (χ3v) is 5.10. The van der Waals surface area contributed by atoms with Crippen molar-refractivity contribution < 1.29 is 0 Å². The average molecular weight is 313 g/mol. The van der Waals surface area contributed by atoms with Crippen molar-refractivity contribution in [2.45, 2.75) is 18.9 Å². The maximum atomic E-state index is 8.75. The van der Waals surface area contributed by atoms with Crippen molar-refractivity contribution >= 4 is 17.2 Å². The Morgan fingerprint density at radius 2 is 2.36 bits per heavy atom. The summed E-state index contributed by atoms with van der Waals surface area (Å²) in [4.78, 5) is 12.2. The molecule has 3 rings (SSSR count). The summed E-state index contributed by atoms with van der Waals surface area (Å²) in [6.07, 6.45) is 5.57. The predicted octanol–water partition coefficient (Wildman–Crippen LogP) is 2.90. The monoisotopic (exact) mass is 313 g/mol. The molecule has 1 fully saturated rings. The van der Waals surface area contributed by atoms with Crippen molar-refractivity contribution in [3.05, 3.63) is 40.5 Å². The summed E-state index contributed by atoms with van der Waals surface area (Å²) in [5.41, 5.74) is 0.347. The Hall–Kier alpha value is -1.97. The summed E-state index contributed by atoms with van der Waals surface area (Å²) in [7, 11) is 2.21. The van der Waals surface area contributed by atoms with Gasteiger partial charge < -0.3 is 5.32 Å². The lowest BCUT2D eigenvalue weighted by Gasteiger charge is -2.38. The first-order chi connectivity index (χ1) is 10.8. The number of nitrogens with zero attached hydrogens (tertiary/aromatic N) is 4. The summed E-state index contributed by atoms with van der Waals surface area (Å²) in [5.74, 6) is 1.28. The lowest BCUT2D eigenvalue weighted by molar-refractivity contribution is 0.130. The van der Waals surface area contributed by atoms with Crippen LogP contribution in [-0.2, 0) is 0 Å². The number of piperidine rings is 1. The fraction of sp³-hybridized carbons (Fsp3) is 0.438. The number of hydrogen-bond acceptors (Lipinski definition) is 6. The van der Waals surface area contributed by atoms with Crippen molar-refractivity contribution in [3.63, 3.8) is 0 Å². The first-order valence-electron chi connectivity index (χ1n) is 7.47. The molecule has 2 aromatic heterocycles. The van der Waals surface area contributed by atoms with E-state index in [-0.39, 0.29) is 0 Å². The van der Waals surface area contributed by atoms with E-state index in [2.05, 4.69) is 44.7 Å². The highest BCUT2D eigenvalue weighted by Crippen LogP contribution is 2.37. The highest BCUT2D eigenvalue weighted by molar-refractivity contribution is 7.10. The fourth-order valence-corrected chi connectivity index (χ4v) is 4.08. The van der Waals surface area contributed by atoms with Gasteiger partial charge in [-0.1, -0.05) is 6.07 Å². The average Bonchev–Trinajstić information content (AvgIpc) is 3.07. The summed E-state index contributed by atoms with van der Waals surface area (Å²) in [5, 5.41) is 14.3. The van der Waals surface area contributed by atoms with E-state index in [4.69, 9.17) is 5.26 Å². The zero-order valence-corrected chi connectivity index (χ0v) is 13.4. The second-order valence-electron chi connectivity index (χ2n) is 5.62. The van der Waals surface area contributed by atoms with Crippen LogP contribution in [-0.4, -0.2) is 35.0 Å². The van der Waals surface area contributed by atoms with Gasteiger partial charge in [-0.05, 0) is 43.8 Å². The number of thiophene rings is 1. The molecule has 114 valence electrons. The van der Waals surface area contributed by atoms with Gasteiger partial charge in [0.15, 0.2) is 5.69 Å². The Morgan fingerprint density at radius 1 is 1.45 bits per heavy atom. The minimum atomic E-state index is 0.347. The second kappa shape index (κ2) is 6.86. The lowest BCUT2D eigenvalue weighted by Crippen LogP contribution is -2.38. The topological polar surface area (TPSA) is 64.8 Å². The van der Waals surface area contributed by atoms with Crippen LogP contribution < -0.4 is 5.32 Å². The number of likely N-dealkylation sites (tertiary alicyclic amines) is 1. The van der Waals surface area contributed by atoms with Gasteiger partial charge in [0.2, 0.25) is 0 Å². The molecule has 2 unspecified atom stereocenters. The number of hydrogen-bond donors (Lipinski definition) is 1. The van der Waals surface area contributed by atoms with Gasteiger partial charge in [0, 0.05) is 17.5 Å². The third-order valence-electron chi connectivity index (χ3n) is 4.15. The van der Waals surface area contributed by atoms with E-state index < -0.39 is 0 Å². The SMILES string of the molecule is CN1CCCC(CNc2cnc(C#N)cn2)C1c1cccs1. The van der Waals surface area contributed by atoms with Crippen molar-refractivity contribution in [1.82, 2.24) is 14.9 Å². The van der Waals surface area contributed by atoms with E-state index in [1.165, 1.54) is 23.9 Å². The maximum Gasteiger partial charge on any atom is 0.158 e. The standard InChI is InChI=1S/C16H19N5S/c1-21-6-2-4-12(16(21)14-5-3-7-22-14)9-19-15-11-18-13(8-17)10-20-15/h3,5,7,10-12,16H,2,4,6,9H2,1H3,(H,19,20). The maximum absolute atomic E-state index is 8.75. The highest BCUT2D eigenvalue weighted by Gasteiger charge is 2.30. The number of rotatable bonds is 4. The molecule has 3 heterocycles. The summed E-state index contributed by atoms with van der Waals surface area (Å²) in [6.45, 7) is 2.02. The van der Waals surface area contributed by atoms with Gasteiger partial charge in [-0.25, -0.2) is 9.97 Å². The number of nitriles is 1. The van der Waals surface area contributed by atoms with Gasteiger partial charge in [0.05, 0.1) is 12.4 Å². The highest BCUT2D eigenvalue weighted by atomic mass is 32.1. The Kier molecular flexibility index (Phi) is 4.66. The minimum Gasteiger partial charge on any atom is -0.368 e. The molecule has 0 saturated carbocycles. The van der Waals surface area contributed by atoms with Crippen LogP contribution >= 0.6 is 11.3 Å². The summed E-state index contributed by atoms with van der Waals surface area (Å²) >= 11 is 1.83. The van der Waals surface area contributed by atoms with E-state index in [1.54, 1.807) is 6.20 Å². The summed E-state index contributed by atoms with van der Waals surface area (Å²) < 4.78 is 0. The van der Waals surface area contributed by atoms with Crippen molar-refractivity contribution in [3.8, 4) is 6.07 Å². The van der Waals surface area contributed by atoms with E-state index >= 15 is 0 Å². The molecular weight excluding hydrogens is 294 g/mol. The molecule has 0 aliphatic carbocycles. The molecule has 0 amide bonds. The van der Waals surface area contributed by atoms with Gasteiger partial charge in [-0.3, -0.25) is 4.90 Å². The van der Waals surface area contributed by atoms with Gasteiger partial charge in [-0.2, -0.15) is 5.26 Å². The van der Waals surface area contributed by atoms with Crippen LogP contribution in [0.15, 0.2) is 29.9 Å². The third kappa shape index (κ3) is 3.26. The van der Waals surface area contributed by atoms with Crippen LogP contribution in [0.1, 0.15) is 29.5 Å². The molecule has 0 aromatic carbocycles. The van der Waals surface area contributed by atoms with Gasteiger partial charge in [0.1, 0.15) is 11.9 Å². The number of anilines is 1. The zero-order chi connectivity index (χ0) is 15.4. The molecule has 1 saturated heterocycles. The Labute approximate surface area is 134 Å². The molecule has 2 atom stereocenters. The molecule has 6 heteroatoms. The first kappa shape index (κ1) is 14.9. The van der Waals surface area contributed by atoms with E-state index in [1.807, 2.05) is 17.4 Å². The number of nitrogens with one attached hydrogen (secondary N) is 1. The molecule has 0 radical (unpaired) electrons. The van der Waals surface area contributed by atoms with Crippen molar-refractivity contribution in [2.75, 3.05) is 25.5 Å². The van der Waals surface area contributed by atoms with E-state index in [9.17, 15) is 0 Å². The molecule has 2 aromatic rings. The molecule has 1 aliphatic heterocycles. The van der Waals surface area contributed by atoms with Gasteiger partial charge >= 0.3 is 0 Å². The molecule has 0 spiro atoms. The minimum absolute atomic E-state index is 0.347. The van der Waals surface area contributed by atoms with Crippen LogP contribution in [0.4, 0.5) is 5.82 Å². The molecule has 0 bridgehead atoms. The molecule has 22 heavy (non-hydrogen) atoms. The second-order valence-corrected chi connectivity index (χ2v) is 6.60. The van der Waals surface area contributed by atoms with E-state index in [0.29, 0.717) is 17.7 Å². The molecule has 1 aliphatic rings. The predicted molar refractivity (Wildman–Crippen MR) is 87.7 cm³/mol. The first-order valence-corrected chi connectivity index (χ1v) is 8.35. The fourth-order valence-electron chi connectivity index (χ4n) is 3.10. The Balaban J connectivity index is 1.68. The number of aromatic nitrogens is 2. The lowest BCUT2D eigenvalue weighted by atomic mass is 9.88. The largest absolute Gasteiger partial charge is 0.368 e. The Bertz CT molecular complexity index is 632. The van der Waals surface area contributed by atoms with Crippen LogP contribution in [0.2, 0.25) is 0 Å². The molecule has 1 N–H and O–H groups in total. The van der Waals surface area contributed by atoms with Crippen molar-refractivity contribution in [2.24, 2.45) is 5.92 Å². The van der Waals surface area contributed by atoms with Gasteiger partial charge in [0.25, 0.3) is 0 Å². The zero-order valence-electron chi connectivity index (χ0n) is 12.6. The van der Waals surface area contributed by atoms with Crippen molar-refractivity contribution in [1.29, 1.82) is 5.26 Å². The van der Waals surface area contributed by atoms with Crippen LogP contribution in [0, 0.1) is 17.2 Å². The Morgan fingerprint density at radius 3 is 3.05 bits per heavy atom. The van der Waals surface area contributed by atoms with Crippen LogP contribution in [0.3, 0.4) is 0 Å².